The van der Waals surface area contributed by atoms with Gasteiger partial charge in [0.25, 0.3) is 0 Å². The summed E-state index contributed by atoms with van der Waals surface area (Å²) in [5.74, 6) is -0.948. The molecule has 0 saturated heterocycles. The molecule has 0 aromatic carbocycles. The van der Waals surface area contributed by atoms with Gasteiger partial charge in [-0.3, -0.25) is 4.79 Å². The molecule has 1 N–H and O–H groups in total. The molecule has 1 fully saturated rings. The van der Waals surface area contributed by atoms with Gasteiger partial charge in [0, 0.05) is 11.3 Å². The minimum absolute atomic E-state index is 0.0410. The Morgan fingerprint density at radius 1 is 1.57 bits per heavy atom. The van der Waals surface area contributed by atoms with E-state index in [0.717, 1.165) is 12.8 Å². The number of allylic oxidation sites excluding steroid dienone is 2. The third kappa shape index (κ3) is 1.46. The van der Waals surface area contributed by atoms with Crippen LogP contribution in [0, 0.1) is 11.3 Å². The molecule has 2 unspecified atom stereocenters. The molecule has 2 atom stereocenters. The number of carboxylic acid groups (broad SMARTS) is 1. The molecule has 1 aliphatic carbocycles. The lowest BCUT2D eigenvalue weighted by atomic mass is 10.1. The lowest BCUT2D eigenvalue weighted by Gasteiger charge is -2.03. The Kier molecular flexibility index (Phi) is 2.96. The van der Waals surface area contributed by atoms with E-state index < -0.39 is 10.8 Å². The molecule has 2 nitrogen and oxygen atoms in total. The summed E-state index contributed by atoms with van der Waals surface area (Å²) >= 11 is 6.07. The van der Waals surface area contributed by atoms with Crippen LogP contribution in [0.5, 0.6) is 0 Å². The first kappa shape index (κ1) is 11.6. The average Bonchev–Trinajstić information content (AvgIpc) is 2.51. The summed E-state index contributed by atoms with van der Waals surface area (Å²) in [6.07, 6.45) is 6.04. The van der Waals surface area contributed by atoms with Crippen molar-refractivity contribution in [2.45, 2.75) is 38.5 Å². The van der Waals surface area contributed by atoms with Gasteiger partial charge in [-0.25, -0.2) is 0 Å². The van der Waals surface area contributed by atoms with Crippen LogP contribution < -0.4 is 0 Å². The van der Waals surface area contributed by atoms with E-state index in [4.69, 9.17) is 16.7 Å². The van der Waals surface area contributed by atoms with Gasteiger partial charge >= 0.3 is 5.97 Å². The second kappa shape index (κ2) is 3.58. The van der Waals surface area contributed by atoms with E-state index in [1.54, 1.807) is 0 Å². The van der Waals surface area contributed by atoms with Crippen LogP contribution in [-0.2, 0) is 4.79 Å². The van der Waals surface area contributed by atoms with Crippen molar-refractivity contribution in [2.24, 2.45) is 11.3 Å². The maximum atomic E-state index is 11.0. The van der Waals surface area contributed by atoms with Crippen LogP contribution in [0.2, 0.25) is 0 Å². The third-order valence-electron chi connectivity index (χ3n) is 3.16. The molecule has 0 radical (unpaired) electrons. The number of aliphatic carboxylic acids is 1. The Morgan fingerprint density at radius 3 is 2.50 bits per heavy atom. The molecule has 0 amide bonds. The maximum absolute atomic E-state index is 11.0. The van der Waals surface area contributed by atoms with Crippen molar-refractivity contribution in [3.05, 3.63) is 12.2 Å². The standard InChI is InChI=1S/C11H17ClO2/c1-4-5-6-7-8-10(2,3)11(8,12)9(13)14/h6-8H,4-5H2,1-3H3,(H,13,14). The number of alkyl halides is 1. The first-order valence-electron chi connectivity index (χ1n) is 4.98. The number of hydrogen-bond donors (Lipinski definition) is 1. The van der Waals surface area contributed by atoms with Gasteiger partial charge in [0.1, 0.15) is 0 Å². The van der Waals surface area contributed by atoms with E-state index >= 15 is 0 Å². The molecule has 80 valence electrons. The predicted octanol–water partition coefficient (Wildman–Crippen LogP) is 3.06. The van der Waals surface area contributed by atoms with E-state index in [1.165, 1.54) is 0 Å². The highest BCUT2D eigenvalue weighted by atomic mass is 35.5. The van der Waals surface area contributed by atoms with Crippen LogP contribution in [-0.4, -0.2) is 16.0 Å². The zero-order valence-electron chi connectivity index (χ0n) is 8.88. The monoisotopic (exact) mass is 216 g/mol. The molecule has 1 saturated carbocycles. The van der Waals surface area contributed by atoms with E-state index in [2.05, 4.69) is 6.92 Å². The Labute approximate surface area is 90.0 Å². The van der Waals surface area contributed by atoms with Crippen LogP contribution in [0.1, 0.15) is 33.6 Å². The van der Waals surface area contributed by atoms with Crippen molar-refractivity contribution < 1.29 is 9.90 Å². The highest BCUT2D eigenvalue weighted by Gasteiger charge is 2.74. The Balaban J connectivity index is 2.71. The summed E-state index contributed by atoms with van der Waals surface area (Å²) in [5, 5.41) is 9.01. The van der Waals surface area contributed by atoms with Gasteiger partial charge in [0.2, 0.25) is 0 Å². The molecule has 0 heterocycles. The van der Waals surface area contributed by atoms with Crippen molar-refractivity contribution in [1.29, 1.82) is 0 Å². The van der Waals surface area contributed by atoms with Crippen molar-refractivity contribution >= 4 is 17.6 Å². The first-order valence-corrected chi connectivity index (χ1v) is 5.35. The lowest BCUT2D eigenvalue weighted by molar-refractivity contribution is -0.138. The van der Waals surface area contributed by atoms with Crippen molar-refractivity contribution in [2.75, 3.05) is 0 Å². The molecule has 0 spiro atoms. The van der Waals surface area contributed by atoms with Crippen LogP contribution in [0.3, 0.4) is 0 Å². The average molecular weight is 217 g/mol. The zero-order chi connectivity index (χ0) is 11.0. The summed E-state index contributed by atoms with van der Waals surface area (Å²) in [6, 6.07) is 0. The van der Waals surface area contributed by atoms with Gasteiger partial charge in [-0.2, -0.15) is 0 Å². The lowest BCUT2D eigenvalue weighted by Crippen LogP contribution is -2.21. The Hall–Kier alpha value is -0.500. The quantitative estimate of drug-likeness (QED) is 0.579. The Bertz CT molecular complexity index is 270. The molecular weight excluding hydrogens is 200 g/mol. The number of unbranched alkanes of at least 4 members (excludes halogenated alkanes) is 1. The number of hydrogen-bond acceptors (Lipinski definition) is 1. The molecular formula is C11H17ClO2. The highest BCUT2D eigenvalue weighted by Crippen LogP contribution is 2.66. The fraction of sp³-hybridized carbons (Fsp3) is 0.727. The van der Waals surface area contributed by atoms with Gasteiger partial charge in [0.15, 0.2) is 4.87 Å². The fourth-order valence-electron chi connectivity index (χ4n) is 1.93. The minimum atomic E-state index is -1.09. The van der Waals surface area contributed by atoms with Crippen LogP contribution >= 0.6 is 11.6 Å². The molecule has 0 aliphatic heterocycles. The van der Waals surface area contributed by atoms with E-state index in [9.17, 15) is 4.79 Å². The first-order chi connectivity index (χ1) is 6.39. The number of carboxylic acids is 1. The van der Waals surface area contributed by atoms with E-state index in [0.29, 0.717) is 0 Å². The zero-order valence-corrected chi connectivity index (χ0v) is 9.64. The predicted molar refractivity (Wildman–Crippen MR) is 57.5 cm³/mol. The maximum Gasteiger partial charge on any atom is 0.325 e. The van der Waals surface area contributed by atoms with Gasteiger partial charge in [0.05, 0.1) is 0 Å². The molecule has 0 aromatic rings. The second-order valence-electron chi connectivity index (χ2n) is 4.43. The number of carbonyl (C=O) groups is 1. The van der Waals surface area contributed by atoms with Gasteiger partial charge < -0.3 is 5.11 Å². The topological polar surface area (TPSA) is 37.3 Å². The van der Waals surface area contributed by atoms with Crippen molar-refractivity contribution in [3.8, 4) is 0 Å². The Morgan fingerprint density at radius 2 is 2.14 bits per heavy atom. The molecule has 1 aliphatic rings. The van der Waals surface area contributed by atoms with Crippen LogP contribution in [0.15, 0.2) is 12.2 Å². The smallest absolute Gasteiger partial charge is 0.325 e. The molecule has 3 heteroatoms. The van der Waals surface area contributed by atoms with Crippen molar-refractivity contribution in [1.82, 2.24) is 0 Å². The summed E-state index contributed by atoms with van der Waals surface area (Å²) in [7, 11) is 0. The van der Waals surface area contributed by atoms with Gasteiger partial charge in [-0.1, -0.05) is 39.3 Å². The molecule has 0 aromatic heterocycles. The van der Waals surface area contributed by atoms with E-state index in [1.807, 2.05) is 26.0 Å². The second-order valence-corrected chi connectivity index (χ2v) is 5.03. The molecule has 14 heavy (non-hydrogen) atoms. The summed E-state index contributed by atoms with van der Waals surface area (Å²) < 4.78 is 0. The summed E-state index contributed by atoms with van der Waals surface area (Å²) in [5.41, 5.74) is -0.329. The minimum Gasteiger partial charge on any atom is -0.480 e. The normalized spacial score (nSPS) is 34.7. The van der Waals surface area contributed by atoms with Crippen LogP contribution in [0.4, 0.5) is 0 Å². The molecule has 0 bridgehead atoms. The summed E-state index contributed by atoms with van der Waals surface area (Å²) in [6.45, 7) is 5.89. The number of halogens is 1. The highest BCUT2D eigenvalue weighted by molar-refractivity contribution is 6.37. The van der Waals surface area contributed by atoms with E-state index in [-0.39, 0.29) is 11.3 Å². The van der Waals surface area contributed by atoms with Gasteiger partial charge in [-0.05, 0) is 6.42 Å². The summed E-state index contributed by atoms with van der Waals surface area (Å²) in [4.78, 5) is 9.89. The van der Waals surface area contributed by atoms with Crippen molar-refractivity contribution in [3.63, 3.8) is 0 Å². The number of rotatable bonds is 4. The van der Waals surface area contributed by atoms with Gasteiger partial charge in [-0.15, -0.1) is 11.6 Å². The largest absolute Gasteiger partial charge is 0.480 e. The van der Waals surface area contributed by atoms with Crippen LogP contribution in [0.25, 0.3) is 0 Å². The fourth-order valence-corrected chi connectivity index (χ4v) is 2.34. The third-order valence-corrected chi connectivity index (χ3v) is 4.04. The SMILES string of the molecule is CCCC=CC1C(C)(C)C1(Cl)C(=O)O. The molecule has 1 rings (SSSR count).